The minimum Gasteiger partial charge on any atom is -0.497 e. The van der Waals surface area contributed by atoms with Crippen molar-refractivity contribution in [3.05, 3.63) is 102 Å². The number of anilines is 2. The Labute approximate surface area is 191 Å². The normalized spacial score (nSPS) is 11.7. The fraction of sp³-hybridized carbons (Fsp3) is 0.0417. The van der Waals surface area contributed by atoms with Crippen LogP contribution in [0.15, 0.2) is 85.2 Å². The molecule has 33 heavy (non-hydrogen) atoms. The fourth-order valence-electron chi connectivity index (χ4n) is 3.01. The van der Waals surface area contributed by atoms with Crippen molar-refractivity contribution in [2.24, 2.45) is 23.2 Å². The molecule has 0 aliphatic rings. The summed E-state index contributed by atoms with van der Waals surface area (Å²) in [4.78, 5) is 11.0. The second kappa shape index (κ2) is 10.2. The van der Waals surface area contributed by atoms with Gasteiger partial charge in [-0.1, -0.05) is 18.2 Å². The van der Waals surface area contributed by atoms with Crippen molar-refractivity contribution in [3.8, 4) is 5.75 Å². The van der Waals surface area contributed by atoms with Gasteiger partial charge in [-0.25, -0.2) is 16.5 Å². The molecule has 0 aliphatic carbocycles. The highest BCUT2D eigenvalue weighted by Crippen LogP contribution is 2.21. The van der Waals surface area contributed by atoms with Gasteiger partial charge in [-0.2, -0.15) is 0 Å². The predicted molar refractivity (Wildman–Crippen MR) is 130 cm³/mol. The van der Waals surface area contributed by atoms with Crippen LogP contribution >= 0.6 is 0 Å². The lowest BCUT2D eigenvalue weighted by molar-refractivity contribution is 0.0697. The Morgan fingerprint density at radius 1 is 0.788 bits per heavy atom. The second-order valence-electron chi connectivity index (χ2n) is 7.11. The van der Waals surface area contributed by atoms with Crippen molar-refractivity contribution < 1.29 is 14.6 Å². The third-order valence-electron chi connectivity index (χ3n) is 4.87. The third-order valence-corrected chi connectivity index (χ3v) is 4.87. The molecule has 0 unspecified atom stereocenters. The zero-order chi connectivity index (χ0) is 24.0. The summed E-state index contributed by atoms with van der Waals surface area (Å²) in [6.45, 7) is 0. The van der Waals surface area contributed by atoms with Crippen LogP contribution in [-0.4, -0.2) is 18.2 Å². The monoisotopic (exact) mass is 446 g/mol. The molecule has 0 saturated carbocycles. The third kappa shape index (κ3) is 5.82. The van der Waals surface area contributed by atoms with Gasteiger partial charge in [-0.15, -0.1) is 0 Å². The van der Waals surface area contributed by atoms with E-state index < -0.39 is 5.97 Å². The Morgan fingerprint density at radius 2 is 1.24 bits per heavy atom. The van der Waals surface area contributed by atoms with Crippen molar-refractivity contribution in [1.29, 1.82) is 0 Å². The Hall–Kier alpha value is -4.47. The van der Waals surface area contributed by atoms with E-state index in [-0.39, 0.29) is 5.56 Å². The van der Waals surface area contributed by atoms with Crippen LogP contribution in [0.4, 0.5) is 11.4 Å². The Morgan fingerprint density at radius 3 is 1.67 bits per heavy atom. The molecule has 3 rings (SSSR count). The molecule has 0 bridgehead atoms. The molecule has 9 heteroatoms. The highest BCUT2D eigenvalue weighted by atomic mass is 16.5. The van der Waals surface area contributed by atoms with E-state index in [2.05, 4.69) is 0 Å². The minimum atomic E-state index is -1.01. The number of nitrogens with two attached hydrogens (primary N) is 4. The zero-order valence-electron chi connectivity index (χ0n) is 18.1. The number of carbonyl (C=O) groups is 1. The van der Waals surface area contributed by atoms with Crippen molar-refractivity contribution in [1.82, 2.24) is 0 Å². The van der Waals surface area contributed by atoms with Crippen LogP contribution in [0.5, 0.6) is 5.75 Å². The quantitative estimate of drug-likeness (QED) is 0.259. The average Bonchev–Trinajstić information content (AvgIpc) is 2.84. The molecule has 170 valence electrons. The number of nitrogens with zero attached hydrogens (tertiary/aromatic N) is 2. The van der Waals surface area contributed by atoms with Gasteiger partial charge in [0.2, 0.25) is 0 Å². The highest BCUT2D eigenvalue weighted by Gasteiger charge is 2.07. The van der Waals surface area contributed by atoms with E-state index in [4.69, 9.17) is 33.0 Å². The number of hydrogen-bond acceptors (Lipinski definition) is 8. The molecule has 0 aliphatic heterocycles. The van der Waals surface area contributed by atoms with Gasteiger partial charge in [0.1, 0.15) is 5.75 Å². The predicted octanol–water partition coefficient (Wildman–Crippen LogP) is 2.67. The zero-order valence-corrected chi connectivity index (χ0v) is 18.1. The molecule has 0 aromatic heterocycles. The topological polar surface area (TPSA) is 157 Å². The number of aromatic carboxylic acids is 1. The largest absolute Gasteiger partial charge is 0.497 e. The second-order valence-corrected chi connectivity index (χ2v) is 7.11. The SMILES string of the molecule is COc1ccc(N(N)/C=C(\N)c2cccc(/C(N)=C/N(N)c3ccc(C(=O)O)cc3)c2)cc1. The molecular formula is C24H26N6O3. The number of methoxy groups -OCH3 is 1. The van der Waals surface area contributed by atoms with E-state index in [1.165, 1.54) is 22.2 Å². The number of hydrazine groups is 2. The Bertz CT molecular complexity index is 1170. The van der Waals surface area contributed by atoms with Crippen LogP contribution in [0.3, 0.4) is 0 Å². The van der Waals surface area contributed by atoms with E-state index in [1.54, 1.807) is 43.8 Å². The molecule has 0 spiro atoms. The summed E-state index contributed by atoms with van der Waals surface area (Å²) in [6, 6.07) is 20.7. The molecule has 0 atom stereocenters. The molecule has 0 fully saturated rings. The maximum Gasteiger partial charge on any atom is 0.335 e. The minimum absolute atomic E-state index is 0.169. The number of benzene rings is 3. The van der Waals surface area contributed by atoms with Crippen molar-refractivity contribution in [3.63, 3.8) is 0 Å². The molecular weight excluding hydrogens is 420 g/mol. The lowest BCUT2D eigenvalue weighted by Crippen LogP contribution is -2.26. The Balaban J connectivity index is 1.78. The van der Waals surface area contributed by atoms with Crippen LogP contribution < -0.4 is 37.9 Å². The van der Waals surface area contributed by atoms with Crippen molar-refractivity contribution in [2.75, 3.05) is 17.1 Å². The first-order chi connectivity index (χ1) is 15.8. The summed E-state index contributed by atoms with van der Waals surface area (Å²) < 4.78 is 5.15. The number of hydrogen-bond donors (Lipinski definition) is 5. The summed E-state index contributed by atoms with van der Waals surface area (Å²) in [7, 11) is 1.60. The Kier molecular flexibility index (Phi) is 7.19. The summed E-state index contributed by atoms with van der Waals surface area (Å²) >= 11 is 0. The van der Waals surface area contributed by atoms with E-state index in [0.29, 0.717) is 22.6 Å². The summed E-state index contributed by atoms with van der Waals surface area (Å²) in [5, 5.41) is 11.7. The van der Waals surface area contributed by atoms with E-state index in [9.17, 15) is 4.79 Å². The maximum atomic E-state index is 11.0. The number of carboxylic acids is 1. The van der Waals surface area contributed by atoms with Gasteiger partial charge in [-0.05, 0) is 65.7 Å². The van der Waals surface area contributed by atoms with Gasteiger partial charge < -0.3 is 21.3 Å². The van der Waals surface area contributed by atoms with E-state index in [0.717, 1.165) is 17.0 Å². The molecule has 9 nitrogen and oxygen atoms in total. The molecule has 0 radical (unpaired) electrons. The molecule has 0 amide bonds. The van der Waals surface area contributed by atoms with Gasteiger partial charge in [0, 0.05) is 12.4 Å². The summed E-state index contributed by atoms with van der Waals surface area (Å²) in [6.07, 6.45) is 3.15. The van der Waals surface area contributed by atoms with Gasteiger partial charge in [0.15, 0.2) is 0 Å². The first-order valence-corrected chi connectivity index (χ1v) is 9.89. The first kappa shape index (κ1) is 23.2. The van der Waals surface area contributed by atoms with Crippen LogP contribution in [0, 0.1) is 0 Å². The average molecular weight is 447 g/mol. The highest BCUT2D eigenvalue weighted by molar-refractivity contribution is 5.88. The molecule has 3 aromatic carbocycles. The standard InChI is InChI=1S/C24H26N6O3/c1-33-21-11-9-20(10-12-21)30(28)15-23(26)18-4-2-3-17(13-18)22(25)14-29(27)19-7-5-16(6-8-19)24(31)32/h2-15H,25-28H2,1H3,(H,31,32)/b22-14-,23-15-. The summed E-state index contributed by atoms with van der Waals surface area (Å²) in [5.41, 5.74) is 16.3. The number of carboxylic acid groups (broad SMARTS) is 1. The smallest absolute Gasteiger partial charge is 0.335 e. The number of ether oxygens (including phenoxy) is 1. The van der Waals surface area contributed by atoms with Crippen LogP contribution in [0.2, 0.25) is 0 Å². The molecule has 3 aromatic rings. The lowest BCUT2D eigenvalue weighted by Gasteiger charge is -2.17. The van der Waals surface area contributed by atoms with Gasteiger partial charge in [-0.3, -0.25) is 10.0 Å². The fourth-order valence-corrected chi connectivity index (χ4v) is 3.01. The molecule has 0 heterocycles. The van der Waals surface area contributed by atoms with Gasteiger partial charge >= 0.3 is 5.97 Å². The van der Waals surface area contributed by atoms with Crippen LogP contribution in [0.1, 0.15) is 21.5 Å². The molecule has 9 N–H and O–H groups in total. The van der Waals surface area contributed by atoms with Gasteiger partial charge in [0.25, 0.3) is 0 Å². The van der Waals surface area contributed by atoms with Crippen molar-refractivity contribution in [2.45, 2.75) is 0 Å². The van der Waals surface area contributed by atoms with Crippen LogP contribution in [0.25, 0.3) is 11.4 Å². The van der Waals surface area contributed by atoms with E-state index in [1.807, 2.05) is 36.4 Å². The van der Waals surface area contributed by atoms with Crippen molar-refractivity contribution >= 4 is 28.7 Å². The van der Waals surface area contributed by atoms with E-state index >= 15 is 0 Å². The van der Waals surface area contributed by atoms with Crippen LogP contribution in [-0.2, 0) is 0 Å². The van der Waals surface area contributed by atoms with Gasteiger partial charge in [0.05, 0.1) is 35.4 Å². The lowest BCUT2D eigenvalue weighted by atomic mass is 10.1. The number of rotatable bonds is 8. The maximum absolute atomic E-state index is 11.0. The molecule has 0 saturated heterocycles. The summed E-state index contributed by atoms with van der Waals surface area (Å²) in [5.74, 6) is 11.9. The first-order valence-electron chi connectivity index (χ1n) is 9.89.